The van der Waals surface area contributed by atoms with E-state index >= 15 is 0 Å². The zero-order chi connectivity index (χ0) is 12.4. The fourth-order valence-corrected chi connectivity index (χ4v) is 2.84. The van der Waals surface area contributed by atoms with E-state index in [4.69, 9.17) is 5.11 Å². The summed E-state index contributed by atoms with van der Waals surface area (Å²) < 4.78 is 1.12. The van der Waals surface area contributed by atoms with Gasteiger partial charge < -0.3 is 5.11 Å². The Kier molecular flexibility index (Phi) is 3.88. The van der Waals surface area contributed by atoms with Crippen LogP contribution >= 0.6 is 34.4 Å². The van der Waals surface area contributed by atoms with Gasteiger partial charge in [-0.3, -0.25) is 9.78 Å². The second kappa shape index (κ2) is 5.22. The topological polar surface area (TPSA) is 50.2 Å². The molecule has 1 aromatic carbocycles. The fraction of sp³-hybridized carbons (Fsp3) is 0.167. The Hall–Kier alpha value is -0.820. The lowest BCUT2D eigenvalue weighted by Gasteiger charge is -2.09. The maximum atomic E-state index is 10.9. The summed E-state index contributed by atoms with van der Waals surface area (Å²) in [4.78, 5) is 16.1. The molecule has 2 aromatic rings. The number of benzene rings is 1. The van der Waals surface area contributed by atoms with Crippen molar-refractivity contribution in [3.8, 4) is 0 Å². The molecule has 1 unspecified atom stereocenters. The monoisotopic (exact) mass is 359 g/mol. The number of hydrogen-bond donors (Lipinski definition) is 1. The lowest BCUT2D eigenvalue weighted by molar-refractivity contribution is -0.136. The van der Waals surface area contributed by atoms with Crippen molar-refractivity contribution in [2.75, 3.05) is 0 Å². The predicted molar refractivity (Wildman–Crippen MR) is 77.4 cm³/mol. The van der Waals surface area contributed by atoms with Gasteiger partial charge in [-0.25, -0.2) is 0 Å². The summed E-state index contributed by atoms with van der Waals surface area (Å²) in [5, 5.41) is 9.48. The first kappa shape index (κ1) is 12.6. The summed E-state index contributed by atoms with van der Waals surface area (Å²) >= 11 is 3.59. The van der Waals surface area contributed by atoms with E-state index < -0.39 is 11.2 Å². The minimum atomic E-state index is -0.800. The fourth-order valence-electron chi connectivity index (χ4n) is 1.44. The van der Waals surface area contributed by atoms with Gasteiger partial charge in [0.05, 0.1) is 5.52 Å². The van der Waals surface area contributed by atoms with E-state index in [0.29, 0.717) is 0 Å². The van der Waals surface area contributed by atoms with Crippen molar-refractivity contribution in [2.24, 2.45) is 0 Å². The molecule has 3 nitrogen and oxygen atoms in total. The summed E-state index contributed by atoms with van der Waals surface area (Å²) in [6.07, 6.45) is 1.71. The van der Waals surface area contributed by atoms with Crippen LogP contribution < -0.4 is 0 Å². The van der Waals surface area contributed by atoms with E-state index in [9.17, 15) is 4.79 Å². The Morgan fingerprint density at radius 2 is 2.24 bits per heavy atom. The highest BCUT2D eigenvalue weighted by atomic mass is 127. The predicted octanol–water partition coefficient (Wildman–Crippen LogP) is 3.40. The van der Waals surface area contributed by atoms with Crippen molar-refractivity contribution >= 4 is 51.2 Å². The molecule has 1 heterocycles. The summed E-state index contributed by atoms with van der Waals surface area (Å²) in [7, 11) is 0. The van der Waals surface area contributed by atoms with Gasteiger partial charge in [-0.15, -0.1) is 11.8 Å². The molecule has 0 bridgehead atoms. The van der Waals surface area contributed by atoms with Crippen LogP contribution in [-0.2, 0) is 4.79 Å². The van der Waals surface area contributed by atoms with Crippen molar-refractivity contribution in [2.45, 2.75) is 17.1 Å². The van der Waals surface area contributed by atoms with Crippen LogP contribution in [0.2, 0.25) is 0 Å². The van der Waals surface area contributed by atoms with Gasteiger partial charge >= 0.3 is 5.97 Å². The lowest BCUT2D eigenvalue weighted by Crippen LogP contribution is -2.11. The van der Waals surface area contributed by atoms with Crippen LogP contribution in [0.4, 0.5) is 0 Å². The van der Waals surface area contributed by atoms with Gasteiger partial charge in [0, 0.05) is 20.0 Å². The van der Waals surface area contributed by atoms with Gasteiger partial charge in [-0.05, 0) is 53.8 Å². The van der Waals surface area contributed by atoms with Crippen LogP contribution in [0.1, 0.15) is 6.92 Å². The van der Waals surface area contributed by atoms with Gasteiger partial charge in [0.1, 0.15) is 5.25 Å². The Labute approximate surface area is 117 Å². The molecule has 0 fully saturated rings. The molecule has 0 amide bonds. The first-order chi connectivity index (χ1) is 8.08. The van der Waals surface area contributed by atoms with Gasteiger partial charge in [0.2, 0.25) is 0 Å². The molecule has 0 aliphatic carbocycles. The Morgan fingerprint density at radius 1 is 1.47 bits per heavy atom. The summed E-state index contributed by atoms with van der Waals surface area (Å²) in [6, 6.07) is 7.83. The molecule has 1 N–H and O–H groups in total. The Morgan fingerprint density at radius 3 is 2.94 bits per heavy atom. The number of aromatic nitrogens is 1. The third-order valence-corrected chi connectivity index (χ3v) is 4.15. The van der Waals surface area contributed by atoms with Gasteiger partial charge in [0.15, 0.2) is 0 Å². The van der Waals surface area contributed by atoms with E-state index in [1.54, 1.807) is 13.1 Å². The lowest BCUT2D eigenvalue weighted by atomic mass is 10.2. The molecule has 0 spiro atoms. The maximum Gasteiger partial charge on any atom is 0.316 e. The third-order valence-electron chi connectivity index (χ3n) is 2.32. The number of rotatable bonds is 3. The average Bonchev–Trinajstić information content (AvgIpc) is 2.29. The molecule has 0 saturated heterocycles. The number of halogens is 1. The van der Waals surface area contributed by atoms with Crippen LogP contribution in [0.25, 0.3) is 10.9 Å². The minimum Gasteiger partial charge on any atom is -0.480 e. The average molecular weight is 359 g/mol. The molecule has 88 valence electrons. The maximum absolute atomic E-state index is 10.9. The van der Waals surface area contributed by atoms with Crippen LogP contribution in [0.15, 0.2) is 35.4 Å². The number of pyridine rings is 1. The zero-order valence-electron chi connectivity index (χ0n) is 9.05. The number of nitrogens with zero attached hydrogens (tertiary/aromatic N) is 1. The normalized spacial score (nSPS) is 12.6. The standard InChI is InChI=1S/C12H10INO2S/c1-7(12(15)16)17-11-4-5-14-10-3-2-8(13)6-9(10)11/h2-7H,1H3,(H,15,16). The number of hydrogen-bond acceptors (Lipinski definition) is 3. The second-order valence-electron chi connectivity index (χ2n) is 3.57. The van der Waals surface area contributed by atoms with Crippen LogP contribution in [0, 0.1) is 3.57 Å². The highest BCUT2D eigenvalue weighted by molar-refractivity contribution is 14.1. The van der Waals surface area contributed by atoms with Crippen LogP contribution in [0.3, 0.4) is 0 Å². The summed E-state index contributed by atoms with van der Waals surface area (Å²) in [5.74, 6) is -0.800. The number of carboxylic acid groups (broad SMARTS) is 1. The van der Waals surface area contributed by atoms with Crippen molar-refractivity contribution in [1.82, 2.24) is 4.98 Å². The van der Waals surface area contributed by atoms with E-state index in [0.717, 1.165) is 19.4 Å². The smallest absolute Gasteiger partial charge is 0.316 e. The van der Waals surface area contributed by atoms with Crippen molar-refractivity contribution in [1.29, 1.82) is 0 Å². The minimum absolute atomic E-state index is 0.460. The van der Waals surface area contributed by atoms with E-state index in [1.165, 1.54) is 11.8 Å². The first-order valence-electron chi connectivity index (χ1n) is 5.01. The molecule has 0 radical (unpaired) electrons. The second-order valence-corrected chi connectivity index (χ2v) is 6.20. The largest absolute Gasteiger partial charge is 0.480 e. The number of thioether (sulfide) groups is 1. The molecule has 0 aliphatic rings. The van der Waals surface area contributed by atoms with Crippen molar-refractivity contribution in [3.05, 3.63) is 34.0 Å². The number of aliphatic carboxylic acids is 1. The molecule has 1 atom stereocenters. The summed E-state index contributed by atoms with van der Waals surface area (Å²) in [6.45, 7) is 1.69. The SMILES string of the molecule is CC(Sc1ccnc2ccc(I)cc12)C(=O)O. The highest BCUT2D eigenvalue weighted by Crippen LogP contribution is 2.30. The van der Waals surface area contributed by atoms with Crippen LogP contribution in [0.5, 0.6) is 0 Å². The molecule has 0 aliphatic heterocycles. The molecule has 2 rings (SSSR count). The number of carboxylic acids is 1. The third kappa shape index (κ3) is 2.90. The van der Waals surface area contributed by atoms with E-state index in [-0.39, 0.29) is 0 Å². The van der Waals surface area contributed by atoms with E-state index in [2.05, 4.69) is 27.6 Å². The number of fused-ring (bicyclic) bond motifs is 1. The molecule has 5 heteroatoms. The molecular formula is C12H10INO2S. The van der Waals surface area contributed by atoms with Crippen LogP contribution in [-0.4, -0.2) is 21.3 Å². The number of carbonyl (C=O) groups is 1. The molecular weight excluding hydrogens is 349 g/mol. The van der Waals surface area contributed by atoms with Gasteiger partial charge in [-0.2, -0.15) is 0 Å². The molecule has 1 aromatic heterocycles. The first-order valence-corrected chi connectivity index (χ1v) is 6.97. The highest BCUT2D eigenvalue weighted by Gasteiger charge is 2.14. The Bertz CT molecular complexity index is 573. The molecule has 17 heavy (non-hydrogen) atoms. The van der Waals surface area contributed by atoms with Gasteiger partial charge in [0.25, 0.3) is 0 Å². The molecule has 0 saturated carbocycles. The van der Waals surface area contributed by atoms with Crippen molar-refractivity contribution < 1.29 is 9.90 Å². The van der Waals surface area contributed by atoms with E-state index in [1.807, 2.05) is 24.3 Å². The van der Waals surface area contributed by atoms with Crippen molar-refractivity contribution in [3.63, 3.8) is 0 Å². The quantitative estimate of drug-likeness (QED) is 0.674. The summed E-state index contributed by atoms with van der Waals surface area (Å²) in [5.41, 5.74) is 0.896. The Balaban J connectivity index is 2.46. The van der Waals surface area contributed by atoms with Gasteiger partial charge in [-0.1, -0.05) is 0 Å². The zero-order valence-corrected chi connectivity index (χ0v) is 12.0.